The second-order valence-electron chi connectivity index (χ2n) is 9.04. The minimum atomic E-state index is -1.92. The highest BCUT2D eigenvalue weighted by Crippen LogP contribution is 2.51. The van der Waals surface area contributed by atoms with Gasteiger partial charge in [0, 0.05) is 30.9 Å². The fourth-order valence-corrected chi connectivity index (χ4v) is 6.10. The van der Waals surface area contributed by atoms with Crippen LogP contribution in [0.2, 0.25) is 0 Å². The number of alkyl halides is 2. The van der Waals surface area contributed by atoms with Crippen LogP contribution in [0, 0.1) is 17.0 Å². The third kappa shape index (κ3) is 3.32. The van der Waals surface area contributed by atoms with E-state index in [0.29, 0.717) is 0 Å². The quantitative estimate of drug-likeness (QED) is 0.336. The molecule has 1 aromatic heterocycles. The van der Waals surface area contributed by atoms with Gasteiger partial charge in [-0.25, -0.2) is 23.4 Å². The molecule has 3 aliphatic heterocycles. The summed E-state index contributed by atoms with van der Waals surface area (Å²) in [7, 11) is 0. The summed E-state index contributed by atoms with van der Waals surface area (Å²) in [5.74, 6) is -3.95. The van der Waals surface area contributed by atoms with Crippen LogP contribution in [0.4, 0.5) is 19.3 Å². The lowest BCUT2D eigenvalue weighted by Gasteiger charge is -2.57. The van der Waals surface area contributed by atoms with Crippen molar-refractivity contribution >= 4 is 46.7 Å². The molecule has 1 aromatic carbocycles. The van der Waals surface area contributed by atoms with E-state index in [1.165, 1.54) is 29.6 Å². The summed E-state index contributed by atoms with van der Waals surface area (Å²) in [5, 5.41) is 0. The average Bonchev–Trinajstić information content (AvgIpc) is 2.85. The molecule has 0 saturated carbocycles. The Morgan fingerprint density at radius 1 is 1.08 bits per heavy atom. The largest absolute Gasteiger partial charge is 0.372 e. The zero-order chi connectivity index (χ0) is 25.9. The summed E-state index contributed by atoms with van der Waals surface area (Å²) >= 11 is 11.9. The van der Waals surface area contributed by atoms with Gasteiger partial charge in [0.1, 0.15) is 12.0 Å². The van der Waals surface area contributed by atoms with E-state index < -0.39 is 65.2 Å². The number of aromatic nitrogens is 2. The first kappa shape index (κ1) is 24.8. The highest BCUT2D eigenvalue weighted by molar-refractivity contribution is 6.28. The predicted molar refractivity (Wildman–Crippen MR) is 125 cm³/mol. The number of morpholine rings is 1. The Kier molecular flexibility index (Phi) is 6.12. The Morgan fingerprint density at radius 2 is 1.75 bits per heavy atom. The Bertz CT molecular complexity index is 1240. The van der Waals surface area contributed by atoms with Crippen molar-refractivity contribution in [2.75, 3.05) is 23.5 Å². The summed E-state index contributed by atoms with van der Waals surface area (Å²) in [6, 6.07) is -1.67. The van der Waals surface area contributed by atoms with Crippen LogP contribution in [0.3, 0.4) is 0 Å². The molecule has 2 fully saturated rings. The lowest BCUT2D eigenvalue weighted by Crippen LogP contribution is -2.76. The number of halogens is 4. The van der Waals surface area contributed by atoms with Gasteiger partial charge in [-0.2, -0.15) is 0 Å². The minimum Gasteiger partial charge on any atom is -0.372 e. The van der Waals surface area contributed by atoms with E-state index in [9.17, 15) is 14.4 Å². The summed E-state index contributed by atoms with van der Waals surface area (Å²) < 4.78 is 37.1. The van der Waals surface area contributed by atoms with Crippen LogP contribution in [0.1, 0.15) is 19.4 Å². The van der Waals surface area contributed by atoms with Gasteiger partial charge in [0.25, 0.3) is 0 Å². The number of hydrogen-bond acceptors (Lipinski definition) is 7. The van der Waals surface area contributed by atoms with Gasteiger partial charge >= 0.3 is 6.03 Å². The summed E-state index contributed by atoms with van der Waals surface area (Å²) in [6.45, 7) is 3.47. The average molecular weight is 540 g/mol. The standard InChI is InChI=1S/C23H21Cl2F2N5O4/c1-11-8-30-18-13(5-14(16(26)17(18)27)15-7-28-3-4-29-15)6-23(19(30)12(2)36-11)20(33)31(9-24)22(35)32(10-25)21(23)34/h3-5,7,11-12,19H,6,8-10H2,1-2H3. The molecule has 36 heavy (non-hydrogen) atoms. The zero-order valence-electron chi connectivity index (χ0n) is 19.3. The van der Waals surface area contributed by atoms with Crippen LogP contribution < -0.4 is 4.90 Å². The lowest BCUT2D eigenvalue weighted by molar-refractivity contribution is -0.166. The number of barbiturate groups is 1. The third-order valence-electron chi connectivity index (χ3n) is 7.00. The normalized spacial score (nSPS) is 25.3. The smallest absolute Gasteiger partial charge is 0.335 e. The molecular weight excluding hydrogens is 519 g/mol. The van der Waals surface area contributed by atoms with Gasteiger partial charge in [-0.3, -0.25) is 19.6 Å². The van der Waals surface area contributed by atoms with Gasteiger partial charge in [-0.15, -0.1) is 23.2 Å². The van der Waals surface area contributed by atoms with Gasteiger partial charge in [0.2, 0.25) is 11.8 Å². The van der Waals surface area contributed by atoms with Crippen molar-refractivity contribution < 1.29 is 27.9 Å². The molecule has 1 spiro atoms. The zero-order valence-corrected chi connectivity index (χ0v) is 20.8. The van der Waals surface area contributed by atoms with Gasteiger partial charge < -0.3 is 9.64 Å². The number of nitrogens with zero attached hydrogens (tertiary/aromatic N) is 5. The number of amides is 4. The van der Waals surface area contributed by atoms with E-state index in [2.05, 4.69) is 9.97 Å². The second kappa shape index (κ2) is 8.89. The van der Waals surface area contributed by atoms with Crippen molar-refractivity contribution in [3.05, 3.63) is 41.9 Å². The Balaban J connectivity index is 1.79. The van der Waals surface area contributed by atoms with Gasteiger partial charge in [-0.1, -0.05) is 0 Å². The number of imide groups is 2. The van der Waals surface area contributed by atoms with Crippen molar-refractivity contribution in [2.45, 2.75) is 38.5 Å². The molecule has 3 atom stereocenters. The topological polar surface area (TPSA) is 95.9 Å². The minimum absolute atomic E-state index is 0.0647. The molecule has 2 aromatic rings. The molecule has 3 aliphatic rings. The maximum absolute atomic E-state index is 15.8. The molecule has 13 heteroatoms. The number of urea groups is 1. The van der Waals surface area contributed by atoms with Crippen molar-refractivity contribution in [1.29, 1.82) is 0 Å². The number of carbonyl (C=O) groups is 3. The molecule has 0 radical (unpaired) electrons. The molecule has 0 N–H and O–H groups in total. The number of fused-ring (bicyclic) bond motifs is 4. The number of benzene rings is 1. The molecule has 190 valence electrons. The third-order valence-corrected chi connectivity index (χ3v) is 7.47. The first-order valence-electron chi connectivity index (χ1n) is 11.2. The maximum Gasteiger partial charge on any atom is 0.335 e. The van der Waals surface area contributed by atoms with Crippen LogP contribution in [0.25, 0.3) is 11.3 Å². The van der Waals surface area contributed by atoms with Crippen LogP contribution in [0.5, 0.6) is 0 Å². The van der Waals surface area contributed by atoms with Crippen molar-refractivity contribution in [3.63, 3.8) is 0 Å². The SMILES string of the molecule is CC1CN2c3c(cc(-c4cnccn4)c(F)c3F)CC3(C(=O)N(CCl)C(=O)N(CCl)C3=O)C2C(C)O1. The van der Waals surface area contributed by atoms with Crippen molar-refractivity contribution in [3.8, 4) is 11.3 Å². The van der Waals surface area contributed by atoms with Crippen molar-refractivity contribution in [2.24, 2.45) is 5.41 Å². The Hall–Kier alpha value is -2.89. The molecular formula is C23H21Cl2F2N5O4. The number of ether oxygens (including phenoxy) is 1. The summed E-state index contributed by atoms with van der Waals surface area (Å²) in [5.41, 5.74) is -1.87. The molecule has 0 aliphatic carbocycles. The molecule has 5 rings (SSSR count). The molecule has 3 unspecified atom stereocenters. The highest BCUT2D eigenvalue weighted by atomic mass is 35.5. The molecule has 0 bridgehead atoms. The van der Waals surface area contributed by atoms with Crippen molar-refractivity contribution in [1.82, 2.24) is 19.8 Å². The van der Waals surface area contributed by atoms with E-state index in [1.807, 2.05) is 0 Å². The number of rotatable bonds is 3. The predicted octanol–water partition coefficient (Wildman–Crippen LogP) is 3.13. The lowest BCUT2D eigenvalue weighted by atomic mass is 9.65. The van der Waals surface area contributed by atoms with E-state index in [4.69, 9.17) is 27.9 Å². The Labute approximate surface area is 214 Å². The maximum atomic E-state index is 15.8. The van der Waals surface area contributed by atoms with E-state index >= 15 is 8.78 Å². The molecule has 9 nitrogen and oxygen atoms in total. The van der Waals surface area contributed by atoms with Gasteiger partial charge in [0.05, 0.1) is 35.8 Å². The first-order chi connectivity index (χ1) is 17.2. The van der Waals surface area contributed by atoms with Crippen LogP contribution in [-0.4, -0.2) is 74.4 Å². The fraction of sp³-hybridized carbons (Fsp3) is 0.435. The summed E-state index contributed by atoms with van der Waals surface area (Å²) in [6.07, 6.45) is 2.49. The second-order valence-corrected chi connectivity index (χ2v) is 9.51. The van der Waals surface area contributed by atoms with Crippen LogP contribution in [0.15, 0.2) is 24.7 Å². The molecule has 4 heterocycles. The number of hydrogen-bond donors (Lipinski definition) is 0. The number of anilines is 1. The molecule has 2 saturated heterocycles. The van der Waals surface area contributed by atoms with E-state index in [-0.39, 0.29) is 35.5 Å². The monoisotopic (exact) mass is 539 g/mol. The van der Waals surface area contributed by atoms with Gasteiger partial charge in [0.15, 0.2) is 17.0 Å². The Morgan fingerprint density at radius 3 is 2.33 bits per heavy atom. The summed E-state index contributed by atoms with van der Waals surface area (Å²) in [4.78, 5) is 51.5. The number of carbonyl (C=O) groups excluding carboxylic acids is 3. The van der Waals surface area contributed by atoms with Crippen LogP contribution in [-0.2, 0) is 20.7 Å². The van der Waals surface area contributed by atoms with E-state index in [0.717, 1.165) is 9.80 Å². The highest BCUT2D eigenvalue weighted by Gasteiger charge is 2.66. The first-order valence-corrected chi connectivity index (χ1v) is 12.2. The van der Waals surface area contributed by atoms with Gasteiger partial charge in [-0.05, 0) is 25.5 Å². The van der Waals surface area contributed by atoms with E-state index in [1.54, 1.807) is 13.8 Å². The fourth-order valence-electron chi connectivity index (χ4n) is 5.68. The molecule has 4 amide bonds. The van der Waals surface area contributed by atoms with Crippen LogP contribution >= 0.6 is 23.2 Å².